The molecule has 15 aromatic rings. The predicted molar refractivity (Wildman–Crippen MR) is 494 cm³/mol. The maximum absolute atomic E-state index is 17.1. The van der Waals surface area contributed by atoms with E-state index in [1.807, 2.05) is 170 Å². The zero-order valence-electron chi connectivity index (χ0n) is 73.4. The van der Waals surface area contributed by atoms with Crippen LogP contribution in [-0.2, 0) is 53.7 Å². The van der Waals surface area contributed by atoms with E-state index >= 15 is 28.8 Å². The van der Waals surface area contributed by atoms with Gasteiger partial charge < -0.3 is 49.0 Å². The number of carbonyl (C=O) groups excluding carboxylic acids is 8. The molecule has 20 nitrogen and oxygen atoms in total. The maximum atomic E-state index is 17.1. The number of para-hydroxylation sites is 4. The number of ether oxygens (including phenoxy) is 4. The molecule has 13 aromatic carbocycles. The SMILES string of the molecule is C=C(C)C(=O)NCCNC(=O)C(Cc1cccc2c1oc1ccccc12)N1C(=O)c2cc(Oc3ccc(C(C)(C)C)cc3)c3c4c(Oc5ccc(C(C)(C)C)cc5)cc5c6c(cc(Oc7ccc(C(C)(C)C)cc7)c(c7c(Oc8ccc(C(C)(C)C)cc8)cc(c2c37)C1=O)c64)C(=O)N(C(Cc1cccc2c1oc1ccccc12)C(=O)NCCNC(=O)C(C)C)C5=O. The average molecular weight is 1680 g/mol. The van der Waals surface area contributed by atoms with Gasteiger partial charge in [-0.2, -0.15) is 0 Å². The second kappa shape index (κ2) is 32.2. The van der Waals surface area contributed by atoms with E-state index in [0.717, 1.165) is 53.6 Å². The van der Waals surface area contributed by atoms with E-state index in [2.05, 4.69) is 111 Å². The largest absolute Gasteiger partial charge is 0.457 e. The van der Waals surface area contributed by atoms with Gasteiger partial charge in [0.2, 0.25) is 23.6 Å². The number of nitrogens with one attached hydrogen (secondary N) is 4. The van der Waals surface area contributed by atoms with Crippen molar-refractivity contribution in [2.24, 2.45) is 5.92 Å². The topological polar surface area (TPSA) is 254 Å². The Bertz CT molecular complexity index is 6540. The van der Waals surface area contributed by atoms with E-state index in [9.17, 15) is 9.59 Å². The molecule has 17 rings (SSSR count). The van der Waals surface area contributed by atoms with Crippen LogP contribution in [0, 0.1) is 5.92 Å². The number of imide groups is 2. The summed E-state index contributed by atoms with van der Waals surface area (Å²) in [6.45, 7) is 33.8. The van der Waals surface area contributed by atoms with Crippen LogP contribution in [0.25, 0.3) is 87.0 Å². The lowest BCUT2D eigenvalue weighted by atomic mass is 9.80. The summed E-state index contributed by atoms with van der Waals surface area (Å²) in [5.41, 5.74) is 5.69. The highest BCUT2D eigenvalue weighted by molar-refractivity contribution is 6.45. The van der Waals surface area contributed by atoms with Gasteiger partial charge in [0.25, 0.3) is 23.6 Å². The fraction of sp³-hybridized carbons (Fsp3) is 0.264. The lowest BCUT2D eigenvalue weighted by Gasteiger charge is -2.36. The maximum Gasteiger partial charge on any atom is 0.262 e. The van der Waals surface area contributed by atoms with Crippen molar-refractivity contribution in [1.29, 1.82) is 0 Å². The van der Waals surface area contributed by atoms with Crippen molar-refractivity contribution in [3.63, 3.8) is 0 Å². The normalized spacial score (nSPS) is 13.7. The van der Waals surface area contributed by atoms with Gasteiger partial charge in [-0.05, 0) is 147 Å². The third-order valence-corrected chi connectivity index (χ3v) is 24.1. The molecule has 20 heteroatoms. The van der Waals surface area contributed by atoms with Gasteiger partial charge in [0.05, 0.1) is 22.3 Å². The highest BCUT2D eigenvalue weighted by Gasteiger charge is 2.47. The van der Waals surface area contributed by atoms with Crippen molar-refractivity contribution in [2.45, 2.75) is 150 Å². The van der Waals surface area contributed by atoms with Gasteiger partial charge in [0, 0.05) is 115 Å². The summed E-state index contributed by atoms with van der Waals surface area (Å²) in [6.07, 6.45) is -0.506. The third kappa shape index (κ3) is 15.5. The summed E-state index contributed by atoms with van der Waals surface area (Å²) in [7, 11) is 0. The van der Waals surface area contributed by atoms with Crippen LogP contribution in [0.4, 0.5) is 0 Å². The van der Waals surface area contributed by atoms with Crippen LogP contribution in [0.15, 0.2) is 227 Å². The molecule has 2 aliphatic rings. The molecule has 0 aliphatic carbocycles. The number of hydrogen-bond acceptors (Lipinski definition) is 14. The quantitative estimate of drug-likeness (QED) is 0.0144. The predicted octanol–water partition coefficient (Wildman–Crippen LogP) is 22.0. The Balaban J connectivity index is 0.983. The van der Waals surface area contributed by atoms with E-state index in [1.54, 1.807) is 57.2 Å². The lowest BCUT2D eigenvalue weighted by Crippen LogP contribution is -2.55. The molecule has 4 heterocycles. The summed E-state index contributed by atoms with van der Waals surface area (Å²) >= 11 is 0. The van der Waals surface area contributed by atoms with Crippen LogP contribution in [0.3, 0.4) is 0 Å². The fourth-order valence-corrected chi connectivity index (χ4v) is 17.3. The number of amides is 8. The summed E-state index contributed by atoms with van der Waals surface area (Å²) in [4.78, 5) is 128. The Hall–Kier alpha value is -14.1. The van der Waals surface area contributed by atoms with Gasteiger partial charge in [0.1, 0.15) is 80.4 Å². The van der Waals surface area contributed by atoms with Gasteiger partial charge in [0.15, 0.2) is 0 Å². The molecule has 0 saturated heterocycles. The highest BCUT2D eigenvalue weighted by atomic mass is 16.5. The lowest BCUT2D eigenvalue weighted by molar-refractivity contribution is -0.126. The highest BCUT2D eigenvalue weighted by Crippen LogP contribution is 2.59. The van der Waals surface area contributed by atoms with E-state index in [0.29, 0.717) is 56.5 Å². The van der Waals surface area contributed by atoms with Crippen molar-refractivity contribution in [1.82, 2.24) is 31.1 Å². The minimum absolute atomic E-state index is 0.0254. The van der Waals surface area contributed by atoms with Crippen LogP contribution >= 0.6 is 0 Å². The smallest absolute Gasteiger partial charge is 0.262 e. The van der Waals surface area contributed by atoms with E-state index in [4.69, 9.17) is 27.8 Å². The van der Waals surface area contributed by atoms with Gasteiger partial charge in [-0.15, -0.1) is 0 Å². The number of furan rings is 2. The first-order valence-electron chi connectivity index (χ1n) is 42.8. The molecule has 638 valence electrons. The standard InChI is InChI=1S/C106H100N6O14/c1-57(2)95(113)107-47-49-109-97(115)77(51-59-23-21-27-71-69-25-17-19-29-79(69)125-93(59)71)111-99(117)73-53-81(121-65-39-31-61(32-40-65)103(5,6)7)87-89-83(123-67-43-35-63(36-44-67)105(11,12)13)55-75-86-76(102(120)112(101(75)119)78(98(116)110-50-48-108-96(114)58(3)4)52-60-24-22-28-72-70-26-18-20-30-80(70)126-94(60)72)56-84(124-68-45-37-64(38-46-68)106(14,15)16)90(92(86)89)88-82(54-74(100(111)118)85(73)91(87)88)122-66-41-33-62(34-42-66)104(8,9)10/h17-46,53-56,58,77-78H,1,47-52H2,2-16H3,(H,107,113)(H,108,114)(H,109,115)(H,110,116). The van der Waals surface area contributed by atoms with E-state index < -0.39 is 53.4 Å². The first-order valence-corrected chi connectivity index (χ1v) is 42.8. The monoisotopic (exact) mass is 1680 g/mol. The molecule has 2 atom stereocenters. The second-order valence-corrected chi connectivity index (χ2v) is 37.4. The molecule has 2 unspecified atom stereocenters. The van der Waals surface area contributed by atoms with E-state index in [-0.39, 0.29) is 166 Å². The molecular formula is C106H100N6O14. The number of rotatable bonds is 24. The summed E-state index contributed by atoms with van der Waals surface area (Å²) < 4.78 is 43.2. The zero-order valence-corrected chi connectivity index (χ0v) is 73.4. The Morgan fingerprint density at radius 2 is 0.627 bits per heavy atom. The van der Waals surface area contributed by atoms with Crippen LogP contribution in [0.2, 0.25) is 0 Å². The van der Waals surface area contributed by atoms with Crippen molar-refractivity contribution in [2.75, 3.05) is 26.2 Å². The van der Waals surface area contributed by atoms with Crippen LogP contribution in [-0.4, -0.2) is 95.3 Å². The van der Waals surface area contributed by atoms with Gasteiger partial charge in [-0.1, -0.05) is 225 Å². The van der Waals surface area contributed by atoms with Crippen LogP contribution in [0.1, 0.15) is 179 Å². The van der Waals surface area contributed by atoms with Crippen LogP contribution < -0.4 is 40.2 Å². The number of hydrogen-bond donors (Lipinski definition) is 4. The number of fused-ring (bicyclic) bond motifs is 8. The average Bonchev–Trinajstić information content (AvgIpc) is 0.700. The summed E-state index contributed by atoms with van der Waals surface area (Å²) in [5, 5.41) is 16.3. The Kier molecular flexibility index (Phi) is 21.5. The Labute approximate surface area is 729 Å². The number of nitrogens with zero attached hydrogens (tertiary/aromatic N) is 2. The van der Waals surface area contributed by atoms with Gasteiger partial charge >= 0.3 is 0 Å². The first-order chi connectivity index (χ1) is 60.0. The zero-order chi connectivity index (χ0) is 89.1. The summed E-state index contributed by atoms with van der Waals surface area (Å²) in [6, 6.07) is 59.6. The first kappa shape index (κ1) is 84.1. The molecule has 0 fully saturated rings. The molecule has 0 radical (unpaired) electrons. The molecule has 2 aliphatic heterocycles. The molecule has 2 aromatic heterocycles. The molecule has 8 amide bonds. The Morgan fingerprint density at radius 1 is 0.349 bits per heavy atom. The molecular weight excluding hydrogens is 1580 g/mol. The molecule has 0 spiro atoms. The molecule has 126 heavy (non-hydrogen) atoms. The molecule has 4 N–H and O–H groups in total. The number of benzene rings is 13. The molecule has 0 saturated carbocycles. The van der Waals surface area contributed by atoms with Crippen molar-refractivity contribution in [3.05, 3.63) is 274 Å². The second-order valence-electron chi connectivity index (χ2n) is 37.4. The summed E-state index contributed by atoms with van der Waals surface area (Å²) in [5.74, 6) is -4.63. The van der Waals surface area contributed by atoms with Gasteiger partial charge in [-0.3, -0.25) is 48.2 Å². The number of carbonyl (C=O) groups is 8. The minimum Gasteiger partial charge on any atom is -0.457 e. The Morgan fingerprint density at radius 3 is 0.913 bits per heavy atom. The fourth-order valence-electron chi connectivity index (χ4n) is 17.3. The van der Waals surface area contributed by atoms with Crippen molar-refractivity contribution < 1.29 is 66.1 Å². The van der Waals surface area contributed by atoms with Crippen molar-refractivity contribution in [3.8, 4) is 46.0 Å². The van der Waals surface area contributed by atoms with E-state index in [1.165, 1.54) is 0 Å². The van der Waals surface area contributed by atoms with Crippen molar-refractivity contribution >= 4 is 134 Å². The third-order valence-electron chi connectivity index (χ3n) is 24.1. The van der Waals surface area contributed by atoms with Gasteiger partial charge in [-0.25, -0.2) is 0 Å². The molecule has 0 bridgehead atoms. The minimum atomic E-state index is -1.62. The van der Waals surface area contributed by atoms with Crippen LogP contribution in [0.5, 0.6) is 46.0 Å².